The fourth-order valence-electron chi connectivity index (χ4n) is 1.23. The van der Waals surface area contributed by atoms with Crippen LogP contribution in [0.25, 0.3) is 0 Å². The van der Waals surface area contributed by atoms with Crippen molar-refractivity contribution in [2.45, 2.75) is 32.8 Å². The summed E-state index contributed by atoms with van der Waals surface area (Å²) in [5.74, 6) is 0.495. The van der Waals surface area contributed by atoms with Gasteiger partial charge >= 0.3 is 0 Å². The lowest BCUT2D eigenvalue weighted by Gasteiger charge is -2.22. The molecule has 4 nitrogen and oxygen atoms in total. The lowest BCUT2D eigenvalue weighted by Crippen LogP contribution is -2.37. The Balaban J connectivity index is 3.75. The van der Waals surface area contributed by atoms with Crippen LogP contribution in [0.2, 0.25) is 0 Å². The van der Waals surface area contributed by atoms with E-state index in [1.54, 1.807) is 7.11 Å². The first-order valence-electron chi connectivity index (χ1n) is 5.37. The molecule has 0 aromatic heterocycles. The van der Waals surface area contributed by atoms with Crippen molar-refractivity contribution < 1.29 is 9.53 Å². The molecule has 0 bridgehead atoms. The summed E-state index contributed by atoms with van der Waals surface area (Å²) in [7, 11) is 3.53. The molecule has 0 aliphatic heterocycles. The van der Waals surface area contributed by atoms with Gasteiger partial charge in [0.2, 0.25) is 5.91 Å². The highest BCUT2D eigenvalue weighted by Crippen LogP contribution is 2.12. The molecular formula is C11H24N2O2. The number of nitrogens with one attached hydrogen (secondary N) is 2. The van der Waals surface area contributed by atoms with E-state index in [9.17, 15) is 4.79 Å². The summed E-state index contributed by atoms with van der Waals surface area (Å²) in [5, 5.41) is 5.97. The molecule has 0 fully saturated rings. The number of carbonyl (C=O) groups is 1. The summed E-state index contributed by atoms with van der Waals surface area (Å²) in [5.41, 5.74) is -0.379. The third kappa shape index (κ3) is 7.33. The third-order valence-electron chi connectivity index (χ3n) is 2.34. The molecule has 0 saturated heterocycles. The second-order valence-electron chi connectivity index (χ2n) is 4.61. The minimum Gasteiger partial charge on any atom is -0.378 e. The molecule has 0 aliphatic carbocycles. The van der Waals surface area contributed by atoms with Crippen LogP contribution in [0.4, 0.5) is 0 Å². The van der Waals surface area contributed by atoms with Crippen LogP contribution < -0.4 is 10.6 Å². The van der Waals surface area contributed by atoms with E-state index in [1.165, 1.54) is 0 Å². The quantitative estimate of drug-likeness (QED) is 0.661. The summed E-state index contributed by atoms with van der Waals surface area (Å²) in [4.78, 5) is 11.5. The monoisotopic (exact) mass is 216 g/mol. The van der Waals surface area contributed by atoms with Gasteiger partial charge in [-0.3, -0.25) is 4.79 Å². The van der Waals surface area contributed by atoms with E-state index in [0.717, 1.165) is 6.54 Å². The Bertz CT molecular complexity index is 193. The van der Waals surface area contributed by atoms with Gasteiger partial charge in [-0.2, -0.15) is 0 Å². The first-order chi connectivity index (χ1) is 6.91. The number of carbonyl (C=O) groups excluding carboxylic acids is 1. The topological polar surface area (TPSA) is 50.4 Å². The second kappa shape index (κ2) is 6.80. The standard InChI is InChI=1S/C11H24N2O2/c1-9(7-12-4)8-13-10(14)6-11(2,3)15-5/h9,12H,6-8H2,1-5H3,(H,13,14). The molecule has 2 N–H and O–H groups in total. The Labute approximate surface area is 92.8 Å². The first-order valence-corrected chi connectivity index (χ1v) is 5.37. The SMILES string of the molecule is CNCC(C)CNC(=O)CC(C)(C)OC. The van der Waals surface area contributed by atoms with Crippen LogP contribution in [-0.2, 0) is 9.53 Å². The van der Waals surface area contributed by atoms with Gasteiger partial charge < -0.3 is 15.4 Å². The third-order valence-corrected chi connectivity index (χ3v) is 2.34. The van der Waals surface area contributed by atoms with Gasteiger partial charge in [0.05, 0.1) is 12.0 Å². The largest absolute Gasteiger partial charge is 0.378 e. The molecule has 0 spiro atoms. The van der Waals surface area contributed by atoms with Gasteiger partial charge in [-0.25, -0.2) is 0 Å². The van der Waals surface area contributed by atoms with Crippen molar-refractivity contribution in [3.63, 3.8) is 0 Å². The molecule has 0 saturated carbocycles. The second-order valence-corrected chi connectivity index (χ2v) is 4.61. The smallest absolute Gasteiger partial charge is 0.222 e. The normalized spacial score (nSPS) is 13.7. The van der Waals surface area contributed by atoms with E-state index in [1.807, 2.05) is 20.9 Å². The predicted molar refractivity (Wildman–Crippen MR) is 61.8 cm³/mol. The molecule has 0 aromatic rings. The molecule has 1 amide bonds. The van der Waals surface area contributed by atoms with Gasteiger partial charge in [0, 0.05) is 13.7 Å². The molecule has 1 atom stereocenters. The van der Waals surface area contributed by atoms with Crippen molar-refractivity contribution >= 4 is 5.91 Å². The molecule has 0 aromatic carbocycles. The Hall–Kier alpha value is -0.610. The number of methoxy groups -OCH3 is 1. The number of rotatable bonds is 7. The van der Waals surface area contributed by atoms with E-state index in [4.69, 9.17) is 4.74 Å². The van der Waals surface area contributed by atoms with E-state index in [-0.39, 0.29) is 11.5 Å². The summed E-state index contributed by atoms with van der Waals surface area (Å²) < 4.78 is 5.19. The molecule has 1 unspecified atom stereocenters. The summed E-state index contributed by atoms with van der Waals surface area (Å²) >= 11 is 0. The van der Waals surface area contributed by atoms with E-state index >= 15 is 0 Å². The fraction of sp³-hybridized carbons (Fsp3) is 0.909. The van der Waals surface area contributed by atoms with Crippen molar-refractivity contribution in [2.24, 2.45) is 5.92 Å². The van der Waals surface area contributed by atoms with E-state index in [0.29, 0.717) is 18.9 Å². The average molecular weight is 216 g/mol. The Morgan fingerprint density at radius 1 is 1.40 bits per heavy atom. The molecule has 0 radical (unpaired) electrons. The molecule has 90 valence electrons. The minimum absolute atomic E-state index is 0.0461. The maximum absolute atomic E-state index is 11.5. The van der Waals surface area contributed by atoms with Crippen LogP contribution in [0.15, 0.2) is 0 Å². The van der Waals surface area contributed by atoms with E-state index in [2.05, 4.69) is 17.6 Å². The first kappa shape index (κ1) is 14.4. The highest BCUT2D eigenvalue weighted by Gasteiger charge is 2.20. The van der Waals surface area contributed by atoms with Crippen molar-refractivity contribution in [1.29, 1.82) is 0 Å². The lowest BCUT2D eigenvalue weighted by molar-refractivity contribution is -0.126. The lowest BCUT2D eigenvalue weighted by atomic mass is 10.0. The zero-order valence-electron chi connectivity index (χ0n) is 10.5. The zero-order valence-corrected chi connectivity index (χ0v) is 10.5. The summed E-state index contributed by atoms with van der Waals surface area (Å²) in [6.45, 7) is 7.53. The van der Waals surface area contributed by atoms with Crippen LogP contribution in [0.1, 0.15) is 27.2 Å². The van der Waals surface area contributed by atoms with Gasteiger partial charge in [0.25, 0.3) is 0 Å². The molecule has 0 rings (SSSR count). The maximum atomic E-state index is 11.5. The van der Waals surface area contributed by atoms with Crippen LogP contribution in [-0.4, -0.2) is 38.8 Å². The molecule has 15 heavy (non-hydrogen) atoms. The van der Waals surface area contributed by atoms with E-state index < -0.39 is 0 Å². The predicted octanol–water partition coefficient (Wildman–Crippen LogP) is 0.773. The van der Waals surface area contributed by atoms with Crippen LogP contribution in [0, 0.1) is 5.92 Å². The summed E-state index contributed by atoms with van der Waals surface area (Å²) in [6, 6.07) is 0. The van der Waals surface area contributed by atoms with Crippen molar-refractivity contribution in [2.75, 3.05) is 27.2 Å². The Morgan fingerprint density at radius 2 is 2.00 bits per heavy atom. The van der Waals surface area contributed by atoms with Gasteiger partial charge in [-0.1, -0.05) is 6.92 Å². The number of hydrogen-bond donors (Lipinski definition) is 2. The Kier molecular flexibility index (Phi) is 6.52. The van der Waals surface area contributed by atoms with Crippen LogP contribution in [0.3, 0.4) is 0 Å². The van der Waals surface area contributed by atoms with Gasteiger partial charge in [-0.15, -0.1) is 0 Å². The minimum atomic E-state index is -0.379. The fourth-order valence-corrected chi connectivity index (χ4v) is 1.23. The van der Waals surface area contributed by atoms with Crippen molar-refractivity contribution in [3.8, 4) is 0 Å². The summed E-state index contributed by atoms with van der Waals surface area (Å²) in [6.07, 6.45) is 0.399. The van der Waals surface area contributed by atoms with Crippen molar-refractivity contribution in [1.82, 2.24) is 10.6 Å². The highest BCUT2D eigenvalue weighted by atomic mass is 16.5. The van der Waals surface area contributed by atoms with Gasteiger partial charge in [0.15, 0.2) is 0 Å². The highest BCUT2D eigenvalue weighted by molar-refractivity contribution is 5.76. The number of hydrogen-bond acceptors (Lipinski definition) is 3. The van der Waals surface area contributed by atoms with Gasteiger partial charge in [0.1, 0.15) is 0 Å². The molecular weight excluding hydrogens is 192 g/mol. The van der Waals surface area contributed by atoms with Crippen LogP contribution in [0.5, 0.6) is 0 Å². The van der Waals surface area contributed by atoms with Crippen LogP contribution >= 0.6 is 0 Å². The zero-order chi connectivity index (χ0) is 11.9. The molecule has 0 heterocycles. The molecule has 4 heteroatoms. The molecule has 0 aliphatic rings. The maximum Gasteiger partial charge on any atom is 0.222 e. The number of amides is 1. The van der Waals surface area contributed by atoms with Crippen molar-refractivity contribution in [3.05, 3.63) is 0 Å². The average Bonchev–Trinajstić information content (AvgIpc) is 2.15. The Morgan fingerprint density at radius 3 is 2.47 bits per heavy atom. The van der Waals surface area contributed by atoms with Gasteiger partial charge in [-0.05, 0) is 33.4 Å². The number of ether oxygens (including phenoxy) is 1.